The Kier molecular flexibility index (Phi) is 6.83. The number of hydrogen-bond acceptors (Lipinski definition) is 7. The summed E-state index contributed by atoms with van der Waals surface area (Å²) in [6.45, 7) is 6.28. The van der Waals surface area contributed by atoms with Crippen LogP contribution in [0.2, 0.25) is 0 Å². The van der Waals surface area contributed by atoms with Crippen molar-refractivity contribution in [2.24, 2.45) is 0 Å². The lowest BCUT2D eigenvalue weighted by atomic mass is 10.1. The molecule has 0 saturated heterocycles. The molecule has 2 aromatic rings. The summed E-state index contributed by atoms with van der Waals surface area (Å²) in [5, 5.41) is 0. The minimum atomic E-state index is -4.03. The Balaban J connectivity index is 1.85. The Morgan fingerprint density at radius 2 is 1.67 bits per heavy atom. The number of esters is 2. The van der Waals surface area contributed by atoms with Crippen LogP contribution in [0.5, 0.6) is 0 Å². The molecule has 1 aromatic carbocycles. The van der Waals surface area contributed by atoms with Crippen LogP contribution >= 0.6 is 0 Å². The van der Waals surface area contributed by atoms with Crippen LogP contribution in [0, 0.1) is 27.7 Å². The largest absolute Gasteiger partial charge is 0.465 e. The highest BCUT2D eigenvalue weighted by Crippen LogP contribution is 2.42. The van der Waals surface area contributed by atoms with Gasteiger partial charge in [-0.1, -0.05) is 18.9 Å². The smallest absolute Gasteiger partial charge is 0.339 e. The van der Waals surface area contributed by atoms with Crippen molar-refractivity contribution in [1.29, 1.82) is 0 Å². The molecule has 1 saturated carbocycles. The normalized spacial score (nSPS) is 15.3. The highest BCUT2D eigenvalue weighted by atomic mass is 32.2. The van der Waals surface area contributed by atoms with Crippen LogP contribution in [-0.4, -0.2) is 49.6 Å². The third-order valence-electron chi connectivity index (χ3n) is 6.53. The number of sulfone groups is 1. The zero-order valence-corrected chi connectivity index (χ0v) is 20.4. The van der Waals surface area contributed by atoms with Crippen LogP contribution < -0.4 is 0 Å². The van der Waals surface area contributed by atoms with E-state index in [1.807, 2.05) is 13.8 Å². The van der Waals surface area contributed by atoms with E-state index in [2.05, 4.69) is 4.98 Å². The number of carbonyl (C=O) groups is 3. The Morgan fingerprint density at radius 3 is 2.24 bits per heavy atom. The van der Waals surface area contributed by atoms with E-state index in [1.165, 1.54) is 13.2 Å². The number of ether oxygens (including phenoxy) is 2. The lowest BCUT2D eigenvalue weighted by Crippen LogP contribution is -2.45. The van der Waals surface area contributed by atoms with E-state index in [4.69, 9.17) is 9.47 Å². The second-order valence-corrected chi connectivity index (χ2v) is 10.8. The number of methoxy groups -OCH3 is 1. The van der Waals surface area contributed by atoms with Gasteiger partial charge in [0.25, 0.3) is 0 Å². The van der Waals surface area contributed by atoms with Crippen molar-refractivity contribution in [2.45, 2.75) is 63.0 Å². The number of aromatic amines is 1. The van der Waals surface area contributed by atoms with Gasteiger partial charge in [-0.3, -0.25) is 9.59 Å². The second kappa shape index (κ2) is 9.13. The summed E-state index contributed by atoms with van der Waals surface area (Å²) < 4.78 is 35.4. The first-order valence-electron chi connectivity index (χ1n) is 10.8. The van der Waals surface area contributed by atoms with Crippen molar-refractivity contribution >= 4 is 27.6 Å². The fraction of sp³-hybridized carbons (Fsp3) is 0.458. The van der Waals surface area contributed by atoms with Crippen LogP contribution in [0.15, 0.2) is 23.1 Å². The maximum atomic E-state index is 13.5. The highest BCUT2D eigenvalue weighted by molar-refractivity contribution is 7.93. The molecule has 0 radical (unpaired) electrons. The SMILES string of the molecule is COC(=O)c1c(C)[nH]c(C(=O)COC(=O)C2(S(=O)(=O)c3ccc(C)c(C)c3)CCCC2)c1C. The van der Waals surface area contributed by atoms with Gasteiger partial charge in [-0.05, 0) is 69.4 Å². The quantitative estimate of drug-likeness (QED) is 0.480. The molecule has 1 aliphatic rings. The zero-order chi connectivity index (χ0) is 24.6. The molecule has 0 bridgehead atoms. The van der Waals surface area contributed by atoms with Crippen LogP contribution in [-0.2, 0) is 24.1 Å². The van der Waals surface area contributed by atoms with Crippen LogP contribution in [0.1, 0.15) is 68.9 Å². The molecule has 33 heavy (non-hydrogen) atoms. The lowest BCUT2D eigenvalue weighted by Gasteiger charge is -2.26. The number of nitrogens with one attached hydrogen (secondary N) is 1. The molecule has 0 unspecified atom stereocenters. The van der Waals surface area contributed by atoms with Crippen molar-refractivity contribution < 1.29 is 32.3 Å². The predicted octanol–water partition coefficient (Wildman–Crippen LogP) is 3.55. The third kappa shape index (κ3) is 4.21. The van der Waals surface area contributed by atoms with Crippen LogP contribution in [0.25, 0.3) is 0 Å². The standard InChI is InChI=1S/C24H29NO7S/c1-14-8-9-18(12-15(14)2)33(29,30)24(10-6-7-11-24)23(28)32-13-19(26)21-16(3)20(17(4)25-21)22(27)31-5/h8-9,12,25H,6-7,10-11,13H2,1-5H3. The summed E-state index contributed by atoms with van der Waals surface area (Å²) in [6, 6.07) is 4.80. The number of aromatic nitrogens is 1. The zero-order valence-electron chi connectivity index (χ0n) is 19.5. The van der Waals surface area contributed by atoms with Gasteiger partial charge in [0.05, 0.1) is 23.3 Å². The van der Waals surface area contributed by atoms with Crippen molar-refractivity contribution in [3.8, 4) is 0 Å². The van der Waals surface area contributed by atoms with E-state index >= 15 is 0 Å². The minimum absolute atomic E-state index is 0.0781. The molecule has 0 spiro atoms. The fourth-order valence-electron chi connectivity index (χ4n) is 4.41. The number of H-pyrrole nitrogens is 1. The summed E-state index contributed by atoms with van der Waals surface area (Å²) in [4.78, 5) is 40.8. The van der Waals surface area contributed by atoms with E-state index in [1.54, 1.807) is 26.0 Å². The van der Waals surface area contributed by atoms with Crippen molar-refractivity contribution in [3.63, 3.8) is 0 Å². The van der Waals surface area contributed by atoms with Gasteiger partial charge >= 0.3 is 11.9 Å². The summed E-state index contributed by atoms with van der Waals surface area (Å²) in [5.41, 5.74) is 2.98. The molecule has 1 fully saturated rings. The van der Waals surface area contributed by atoms with Crippen molar-refractivity contribution in [1.82, 2.24) is 4.98 Å². The van der Waals surface area contributed by atoms with Gasteiger partial charge in [-0.2, -0.15) is 0 Å². The number of aryl methyl sites for hydroxylation is 3. The molecule has 1 aliphatic carbocycles. The highest BCUT2D eigenvalue weighted by Gasteiger charge is 2.54. The molecule has 178 valence electrons. The Bertz CT molecular complexity index is 1220. The topological polar surface area (TPSA) is 120 Å². The average Bonchev–Trinajstić information content (AvgIpc) is 3.39. The maximum Gasteiger partial charge on any atom is 0.339 e. The number of carbonyl (C=O) groups excluding carboxylic acids is 3. The molecule has 0 aliphatic heterocycles. The van der Waals surface area contributed by atoms with E-state index in [-0.39, 0.29) is 29.0 Å². The van der Waals surface area contributed by atoms with Gasteiger partial charge in [0.2, 0.25) is 5.78 Å². The third-order valence-corrected chi connectivity index (χ3v) is 9.00. The Hall–Kier alpha value is -2.94. The van der Waals surface area contributed by atoms with Gasteiger partial charge in [0.1, 0.15) is 0 Å². The van der Waals surface area contributed by atoms with Crippen molar-refractivity contribution in [2.75, 3.05) is 13.7 Å². The molecule has 1 aromatic heterocycles. The molecule has 3 rings (SSSR count). The minimum Gasteiger partial charge on any atom is -0.465 e. The Morgan fingerprint density at radius 1 is 1.03 bits per heavy atom. The average molecular weight is 476 g/mol. The molecular weight excluding hydrogens is 446 g/mol. The van der Waals surface area contributed by atoms with Gasteiger partial charge < -0.3 is 14.5 Å². The maximum absolute atomic E-state index is 13.5. The van der Waals surface area contributed by atoms with Gasteiger partial charge in [0.15, 0.2) is 21.2 Å². The van der Waals surface area contributed by atoms with Gasteiger partial charge in [0, 0.05) is 5.69 Å². The monoisotopic (exact) mass is 475 g/mol. The van der Waals surface area contributed by atoms with Gasteiger partial charge in [-0.15, -0.1) is 0 Å². The molecule has 0 amide bonds. The summed E-state index contributed by atoms with van der Waals surface area (Å²) >= 11 is 0. The van der Waals surface area contributed by atoms with E-state index in [0.29, 0.717) is 24.1 Å². The number of rotatable bonds is 7. The van der Waals surface area contributed by atoms with E-state index in [9.17, 15) is 22.8 Å². The van der Waals surface area contributed by atoms with E-state index < -0.39 is 38.9 Å². The first-order valence-corrected chi connectivity index (χ1v) is 12.2. The Labute approximate surface area is 193 Å². The molecule has 1 N–H and O–H groups in total. The summed E-state index contributed by atoms with van der Waals surface area (Å²) in [6.07, 6.45) is 1.43. The first-order chi connectivity index (χ1) is 15.5. The van der Waals surface area contributed by atoms with Crippen LogP contribution in [0.3, 0.4) is 0 Å². The first kappa shape index (κ1) is 24.7. The summed E-state index contributed by atoms with van der Waals surface area (Å²) in [5.74, 6) is -2.06. The lowest BCUT2D eigenvalue weighted by molar-refractivity contribution is -0.145. The molecule has 0 atom stereocenters. The molecule has 9 heteroatoms. The molecular formula is C24H29NO7S. The van der Waals surface area contributed by atoms with E-state index in [0.717, 1.165) is 11.1 Å². The number of hydrogen-bond donors (Lipinski definition) is 1. The second-order valence-electron chi connectivity index (χ2n) is 8.57. The van der Waals surface area contributed by atoms with Crippen molar-refractivity contribution in [3.05, 3.63) is 51.8 Å². The fourth-order valence-corrected chi connectivity index (χ4v) is 6.54. The number of benzene rings is 1. The van der Waals surface area contributed by atoms with Gasteiger partial charge in [-0.25, -0.2) is 13.2 Å². The molecule has 8 nitrogen and oxygen atoms in total. The number of ketones is 1. The predicted molar refractivity (Wildman–Crippen MR) is 121 cm³/mol. The summed E-state index contributed by atoms with van der Waals surface area (Å²) in [7, 11) is -2.79. The molecule has 1 heterocycles. The number of Topliss-reactive ketones (excluding diaryl/α,β-unsaturated/α-hetero) is 1. The van der Waals surface area contributed by atoms with Crippen LogP contribution in [0.4, 0.5) is 0 Å².